The molecule has 0 saturated carbocycles. The van der Waals surface area contributed by atoms with E-state index in [0.717, 1.165) is 44.2 Å². The van der Waals surface area contributed by atoms with Crippen LogP contribution in [0.25, 0.3) is 32.9 Å². The molecule has 0 radical (unpaired) electrons. The summed E-state index contributed by atoms with van der Waals surface area (Å²) in [4.78, 5) is 31.3. The Bertz CT molecular complexity index is 1430. The molecular formula is C24H22ClN5O2. The lowest BCUT2D eigenvalue weighted by Gasteiger charge is -2.36. The normalized spacial score (nSPS) is 14.3. The summed E-state index contributed by atoms with van der Waals surface area (Å²) in [5.74, 6) is -0.0723. The second-order valence-electron chi connectivity index (χ2n) is 8.00. The Morgan fingerprint density at radius 2 is 1.91 bits per heavy atom. The van der Waals surface area contributed by atoms with E-state index >= 15 is 0 Å². The molecule has 32 heavy (non-hydrogen) atoms. The van der Waals surface area contributed by atoms with Crippen molar-refractivity contribution in [2.24, 2.45) is 0 Å². The van der Waals surface area contributed by atoms with E-state index in [1.165, 1.54) is 6.08 Å². The van der Waals surface area contributed by atoms with Crippen molar-refractivity contribution in [3.05, 3.63) is 70.1 Å². The fraction of sp³-hybridized carbons (Fsp3) is 0.208. The van der Waals surface area contributed by atoms with Crippen molar-refractivity contribution in [2.45, 2.75) is 6.92 Å². The number of anilines is 1. The number of benzene rings is 2. The van der Waals surface area contributed by atoms with Crippen LogP contribution in [-0.4, -0.2) is 52.2 Å². The molecule has 0 unspecified atom stereocenters. The number of pyridine rings is 1. The van der Waals surface area contributed by atoms with Crippen molar-refractivity contribution in [1.29, 1.82) is 0 Å². The third kappa shape index (κ3) is 3.35. The van der Waals surface area contributed by atoms with E-state index in [9.17, 15) is 9.59 Å². The van der Waals surface area contributed by atoms with E-state index in [0.29, 0.717) is 31.2 Å². The summed E-state index contributed by atoms with van der Waals surface area (Å²) in [6.45, 7) is 8.00. The minimum absolute atomic E-state index is 0.0723. The van der Waals surface area contributed by atoms with Gasteiger partial charge in [-0.1, -0.05) is 24.2 Å². The molecule has 1 saturated heterocycles. The summed E-state index contributed by atoms with van der Waals surface area (Å²) >= 11 is 6.81. The van der Waals surface area contributed by atoms with Crippen molar-refractivity contribution in [3.8, 4) is 11.1 Å². The zero-order valence-electron chi connectivity index (χ0n) is 17.6. The SMILES string of the molecule is C=CC(=O)N1CCN(c2cc(=O)[nH]c3cc(-c4c(C)ccc5[nH]ncc45)c(Cl)cc23)CC1. The Labute approximate surface area is 189 Å². The van der Waals surface area contributed by atoms with Crippen LogP contribution in [0.3, 0.4) is 0 Å². The van der Waals surface area contributed by atoms with Crippen LogP contribution in [0.2, 0.25) is 5.02 Å². The van der Waals surface area contributed by atoms with Crippen molar-refractivity contribution >= 4 is 45.0 Å². The second-order valence-corrected chi connectivity index (χ2v) is 8.41. The third-order valence-corrected chi connectivity index (χ3v) is 6.43. The first kappa shape index (κ1) is 20.3. The number of hydrogen-bond acceptors (Lipinski definition) is 4. The second kappa shape index (κ2) is 7.84. The summed E-state index contributed by atoms with van der Waals surface area (Å²) < 4.78 is 0. The Morgan fingerprint density at radius 3 is 2.66 bits per heavy atom. The number of fused-ring (bicyclic) bond motifs is 2. The molecule has 3 heterocycles. The van der Waals surface area contributed by atoms with Gasteiger partial charge >= 0.3 is 0 Å². The largest absolute Gasteiger partial charge is 0.367 e. The molecule has 0 aliphatic carbocycles. The molecule has 2 aromatic carbocycles. The van der Waals surface area contributed by atoms with Crippen LogP contribution in [0.1, 0.15) is 5.56 Å². The zero-order valence-corrected chi connectivity index (χ0v) is 18.4. The fourth-order valence-electron chi connectivity index (χ4n) is 4.49. The van der Waals surface area contributed by atoms with Crippen LogP contribution < -0.4 is 10.5 Å². The first-order chi connectivity index (χ1) is 15.5. The lowest BCUT2D eigenvalue weighted by Crippen LogP contribution is -2.48. The van der Waals surface area contributed by atoms with Gasteiger partial charge in [0.15, 0.2) is 0 Å². The predicted molar refractivity (Wildman–Crippen MR) is 128 cm³/mol. The first-order valence-electron chi connectivity index (χ1n) is 10.4. The molecule has 2 aromatic heterocycles. The number of nitrogens with zero attached hydrogens (tertiary/aromatic N) is 3. The summed E-state index contributed by atoms with van der Waals surface area (Å²) in [6.07, 6.45) is 3.13. The smallest absolute Gasteiger partial charge is 0.250 e. The number of H-pyrrole nitrogens is 2. The Hall–Kier alpha value is -3.58. The van der Waals surface area contributed by atoms with Crippen molar-refractivity contribution < 1.29 is 4.79 Å². The highest BCUT2D eigenvalue weighted by atomic mass is 35.5. The molecule has 0 atom stereocenters. The number of aromatic amines is 2. The van der Waals surface area contributed by atoms with E-state index in [-0.39, 0.29) is 11.5 Å². The minimum Gasteiger partial charge on any atom is -0.367 e. The van der Waals surface area contributed by atoms with Crippen LogP contribution in [-0.2, 0) is 4.79 Å². The molecule has 8 heteroatoms. The Balaban J connectivity index is 1.61. The number of halogens is 1. The van der Waals surface area contributed by atoms with Gasteiger partial charge in [-0.25, -0.2) is 0 Å². The molecule has 5 rings (SSSR count). The van der Waals surface area contributed by atoms with Gasteiger partial charge in [0.2, 0.25) is 11.5 Å². The molecule has 162 valence electrons. The average Bonchev–Trinajstić information content (AvgIpc) is 3.27. The minimum atomic E-state index is -0.177. The van der Waals surface area contributed by atoms with E-state index in [2.05, 4.69) is 26.7 Å². The van der Waals surface area contributed by atoms with Gasteiger partial charge in [0.05, 0.1) is 22.9 Å². The van der Waals surface area contributed by atoms with E-state index in [4.69, 9.17) is 11.6 Å². The molecular weight excluding hydrogens is 426 g/mol. The van der Waals surface area contributed by atoms with Crippen molar-refractivity contribution in [2.75, 3.05) is 31.1 Å². The number of carbonyl (C=O) groups excluding carboxylic acids is 1. The van der Waals surface area contributed by atoms with Crippen LogP contribution in [0.5, 0.6) is 0 Å². The predicted octanol–water partition coefficient (Wildman–Crippen LogP) is 3.87. The first-order valence-corrected chi connectivity index (χ1v) is 10.8. The van der Waals surface area contributed by atoms with Crippen LogP contribution in [0.4, 0.5) is 5.69 Å². The molecule has 1 amide bonds. The molecule has 1 aliphatic heterocycles. The number of carbonyl (C=O) groups is 1. The average molecular weight is 448 g/mol. The third-order valence-electron chi connectivity index (χ3n) is 6.12. The fourth-order valence-corrected chi connectivity index (χ4v) is 4.75. The highest BCUT2D eigenvalue weighted by molar-refractivity contribution is 6.35. The lowest BCUT2D eigenvalue weighted by atomic mass is 9.95. The molecule has 1 aliphatic rings. The molecule has 1 fully saturated rings. The molecule has 4 aromatic rings. The lowest BCUT2D eigenvalue weighted by molar-refractivity contribution is -0.126. The summed E-state index contributed by atoms with van der Waals surface area (Å²) in [6, 6.07) is 9.48. The number of piperazine rings is 1. The Kier molecular flexibility index (Phi) is 4.98. The standard InChI is InChI=1S/C24H22ClN5O2/c1-3-23(32)30-8-6-29(7-9-30)21-12-22(31)27-20-11-15(18(25)10-16(20)21)24-14(2)4-5-19-17(24)13-26-28-19/h3-5,10-13H,1,6-9H2,2H3,(H,26,28)(H,27,31). The van der Waals surface area contributed by atoms with E-state index < -0.39 is 0 Å². The maximum atomic E-state index is 12.5. The van der Waals surface area contributed by atoms with Gasteiger partial charge in [-0.15, -0.1) is 0 Å². The van der Waals surface area contributed by atoms with Gasteiger partial charge in [-0.2, -0.15) is 5.10 Å². The number of rotatable bonds is 3. The van der Waals surface area contributed by atoms with Gasteiger partial charge in [0.1, 0.15) is 0 Å². The van der Waals surface area contributed by atoms with E-state index in [1.54, 1.807) is 17.2 Å². The van der Waals surface area contributed by atoms with Crippen molar-refractivity contribution in [3.63, 3.8) is 0 Å². The summed E-state index contributed by atoms with van der Waals surface area (Å²) in [5.41, 5.74) is 5.20. The number of hydrogen-bond donors (Lipinski definition) is 2. The number of aryl methyl sites for hydroxylation is 1. The molecule has 0 bridgehead atoms. The van der Waals surface area contributed by atoms with Gasteiger partial charge < -0.3 is 14.8 Å². The monoisotopic (exact) mass is 447 g/mol. The van der Waals surface area contributed by atoms with Crippen LogP contribution >= 0.6 is 11.6 Å². The van der Waals surface area contributed by atoms with Gasteiger partial charge in [0, 0.05) is 53.6 Å². The Morgan fingerprint density at radius 1 is 1.12 bits per heavy atom. The molecule has 0 spiro atoms. The van der Waals surface area contributed by atoms with Crippen LogP contribution in [0, 0.1) is 6.92 Å². The highest BCUT2D eigenvalue weighted by Gasteiger charge is 2.22. The maximum absolute atomic E-state index is 12.5. The number of amides is 1. The maximum Gasteiger partial charge on any atom is 0.250 e. The molecule has 7 nitrogen and oxygen atoms in total. The zero-order chi connectivity index (χ0) is 22.4. The topological polar surface area (TPSA) is 85.1 Å². The van der Waals surface area contributed by atoms with Gasteiger partial charge in [-0.3, -0.25) is 14.7 Å². The summed E-state index contributed by atoms with van der Waals surface area (Å²) in [7, 11) is 0. The summed E-state index contributed by atoms with van der Waals surface area (Å²) in [5, 5.41) is 9.62. The van der Waals surface area contributed by atoms with Crippen molar-refractivity contribution in [1.82, 2.24) is 20.1 Å². The number of nitrogens with one attached hydrogen (secondary N) is 2. The van der Waals surface area contributed by atoms with E-state index in [1.807, 2.05) is 31.2 Å². The molecule has 2 N–H and O–H groups in total. The highest BCUT2D eigenvalue weighted by Crippen LogP contribution is 2.39. The van der Waals surface area contributed by atoms with Gasteiger partial charge in [0.25, 0.3) is 0 Å². The number of aromatic nitrogens is 3. The van der Waals surface area contributed by atoms with Gasteiger partial charge in [-0.05, 0) is 42.3 Å². The van der Waals surface area contributed by atoms with Crippen LogP contribution in [0.15, 0.2) is 54.0 Å². The quantitative estimate of drug-likeness (QED) is 0.467.